The minimum absolute atomic E-state index is 0.0421. The van der Waals surface area contributed by atoms with Crippen LogP contribution in [0.3, 0.4) is 0 Å². The number of carbonyl (C=O) groups is 1. The fourth-order valence-electron chi connectivity index (χ4n) is 3.31. The van der Waals surface area contributed by atoms with Crippen molar-refractivity contribution in [3.63, 3.8) is 0 Å². The molecule has 26 heavy (non-hydrogen) atoms. The number of anilines is 1. The van der Waals surface area contributed by atoms with Crippen LogP contribution < -0.4 is 5.32 Å². The number of amides is 2. The van der Waals surface area contributed by atoms with Gasteiger partial charge in [0.15, 0.2) is 0 Å². The Balaban J connectivity index is 1.50. The molecule has 0 radical (unpaired) electrons. The predicted octanol–water partition coefficient (Wildman–Crippen LogP) is 3.49. The molecule has 2 heterocycles. The molecule has 1 atom stereocenters. The highest BCUT2D eigenvalue weighted by atomic mass is 16.2. The van der Waals surface area contributed by atoms with E-state index in [-0.39, 0.29) is 12.1 Å². The molecule has 1 aliphatic heterocycles. The molecule has 6 heteroatoms. The summed E-state index contributed by atoms with van der Waals surface area (Å²) < 4.78 is 2.11. The minimum Gasteiger partial charge on any atom is -0.325 e. The van der Waals surface area contributed by atoms with Crippen LogP contribution in [-0.2, 0) is 0 Å². The third kappa shape index (κ3) is 2.70. The van der Waals surface area contributed by atoms with Gasteiger partial charge in [0.25, 0.3) is 0 Å². The number of likely N-dealkylation sites (N-methyl/N-ethyl adjacent to an activating group) is 1. The Morgan fingerprint density at radius 1 is 1.27 bits per heavy atom. The van der Waals surface area contributed by atoms with E-state index in [4.69, 9.17) is 5.26 Å². The summed E-state index contributed by atoms with van der Waals surface area (Å²) in [5.41, 5.74) is 4.66. The summed E-state index contributed by atoms with van der Waals surface area (Å²) in [6.45, 7) is 0.530. The maximum atomic E-state index is 12.5. The lowest BCUT2D eigenvalue weighted by Crippen LogP contribution is -2.35. The van der Waals surface area contributed by atoms with Gasteiger partial charge in [-0.2, -0.15) is 5.26 Å². The number of hydrogen-bond donors (Lipinski definition) is 1. The molecular formula is C20H17N5O. The zero-order valence-corrected chi connectivity index (χ0v) is 14.3. The van der Waals surface area contributed by atoms with Crippen LogP contribution in [0.4, 0.5) is 10.5 Å². The van der Waals surface area contributed by atoms with E-state index in [2.05, 4.69) is 33.1 Å². The van der Waals surface area contributed by atoms with E-state index < -0.39 is 0 Å². The highest BCUT2D eigenvalue weighted by Crippen LogP contribution is 2.39. The molecule has 4 rings (SSSR count). The lowest BCUT2D eigenvalue weighted by Gasteiger charge is -2.23. The Morgan fingerprint density at radius 3 is 2.81 bits per heavy atom. The molecule has 1 aromatic heterocycles. The summed E-state index contributed by atoms with van der Waals surface area (Å²) >= 11 is 0. The van der Waals surface area contributed by atoms with Gasteiger partial charge in [0.1, 0.15) is 0 Å². The van der Waals surface area contributed by atoms with Crippen LogP contribution in [0.1, 0.15) is 17.2 Å². The number of imidazole rings is 1. The van der Waals surface area contributed by atoms with Crippen molar-refractivity contribution in [2.45, 2.75) is 6.04 Å². The molecule has 6 nitrogen and oxygen atoms in total. The zero-order valence-electron chi connectivity index (χ0n) is 14.3. The van der Waals surface area contributed by atoms with E-state index >= 15 is 0 Å². The maximum Gasteiger partial charge on any atom is 0.321 e. The van der Waals surface area contributed by atoms with E-state index in [1.54, 1.807) is 36.2 Å². The second-order valence-electron chi connectivity index (χ2n) is 6.29. The van der Waals surface area contributed by atoms with Crippen LogP contribution in [0.25, 0.3) is 11.3 Å². The molecule has 1 N–H and O–H groups in total. The molecular weight excluding hydrogens is 326 g/mol. The largest absolute Gasteiger partial charge is 0.325 e. The third-order valence-electron chi connectivity index (χ3n) is 4.66. The lowest BCUT2D eigenvalue weighted by molar-refractivity contribution is 0.218. The second-order valence-corrected chi connectivity index (χ2v) is 6.29. The van der Waals surface area contributed by atoms with Crippen molar-refractivity contribution in [1.29, 1.82) is 5.26 Å². The van der Waals surface area contributed by atoms with Gasteiger partial charge in [-0.3, -0.25) is 0 Å². The molecule has 0 aliphatic carbocycles. The number of nitriles is 1. The van der Waals surface area contributed by atoms with Crippen molar-refractivity contribution < 1.29 is 4.79 Å². The highest BCUT2D eigenvalue weighted by Gasteiger charge is 2.29. The van der Waals surface area contributed by atoms with Crippen molar-refractivity contribution in [3.8, 4) is 17.3 Å². The number of urea groups is 1. The van der Waals surface area contributed by atoms with E-state index in [9.17, 15) is 4.79 Å². The fourth-order valence-corrected chi connectivity index (χ4v) is 3.31. The van der Waals surface area contributed by atoms with Crippen LogP contribution in [0.2, 0.25) is 0 Å². The SMILES string of the molecule is CN(CC1c2ccccc2-c2cncn21)C(=O)Nc1ccc(C#N)cc1. The van der Waals surface area contributed by atoms with Crippen molar-refractivity contribution in [2.75, 3.05) is 18.9 Å². The lowest BCUT2D eigenvalue weighted by atomic mass is 10.0. The molecule has 2 aromatic carbocycles. The first-order valence-corrected chi connectivity index (χ1v) is 8.31. The number of nitrogens with zero attached hydrogens (tertiary/aromatic N) is 4. The summed E-state index contributed by atoms with van der Waals surface area (Å²) in [4.78, 5) is 18.4. The van der Waals surface area contributed by atoms with E-state index in [1.165, 1.54) is 5.56 Å². The number of nitrogens with one attached hydrogen (secondary N) is 1. The van der Waals surface area contributed by atoms with Crippen LogP contribution in [-0.4, -0.2) is 34.1 Å². The summed E-state index contributed by atoms with van der Waals surface area (Å²) in [6.07, 6.45) is 3.67. The summed E-state index contributed by atoms with van der Waals surface area (Å²) in [7, 11) is 1.77. The van der Waals surface area contributed by atoms with Gasteiger partial charge >= 0.3 is 6.03 Å². The second kappa shape index (κ2) is 6.37. The molecule has 128 valence electrons. The van der Waals surface area contributed by atoms with Crippen LogP contribution in [0.15, 0.2) is 61.1 Å². The number of hydrogen-bond acceptors (Lipinski definition) is 3. The Bertz CT molecular complexity index is 1000. The number of aromatic nitrogens is 2. The molecule has 1 unspecified atom stereocenters. The Kier molecular flexibility index (Phi) is 3.90. The Morgan fingerprint density at radius 2 is 2.04 bits per heavy atom. The van der Waals surface area contributed by atoms with Crippen molar-refractivity contribution in [2.24, 2.45) is 0 Å². The van der Waals surface area contributed by atoms with E-state index in [0.717, 1.165) is 11.3 Å². The average Bonchev–Trinajstić information content (AvgIpc) is 3.25. The van der Waals surface area contributed by atoms with Crippen LogP contribution in [0.5, 0.6) is 0 Å². The summed E-state index contributed by atoms with van der Waals surface area (Å²) in [6, 6.07) is 16.9. The maximum absolute atomic E-state index is 12.5. The first-order valence-electron chi connectivity index (χ1n) is 8.31. The number of rotatable bonds is 3. The number of benzene rings is 2. The van der Waals surface area contributed by atoms with Crippen molar-refractivity contribution in [3.05, 3.63) is 72.2 Å². The predicted molar refractivity (Wildman–Crippen MR) is 98.6 cm³/mol. The van der Waals surface area contributed by atoms with Crippen molar-refractivity contribution >= 4 is 11.7 Å². The van der Waals surface area contributed by atoms with Gasteiger partial charge in [0.2, 0.25) is 0 Å². The summed E-state index contributed by atoms with van der Waals surface area (Å²) in [5, 5.41) is 11.7. The first-order chi connectivity index (χ1) is 12.7. The van der Waals surface area contributed by atoms with Gasteiger partial charge in [-0.1, -0.05) is 24.3 Å². The minimum atomic E-state index is -0.194. The number of carbonyl (C=O) groups excluding carboxylic acids is 1. The topological polar surface area (TPSA) is 74.0 Å². The molecule has 2 amide bonds. The molecule has 0 spiro atoms. The molecule has 1 aliphatic rings. The van der Waals surface area contributed by atoms with Gasteiger partial charge in [-0.05, 0) is 29.8 Å². The first kappa shape index (κ1) is 15.9. The Hall–Kier alpha value is -3.59. The molecule has 0 fully saturated rings. The molecule has 0 saturated heterocycles. The molecule has 0 saturated carbocycles. The van der Waals surface area contributed by atoms with Crippen molar-refractivity contribution in [1.82, 2.24) is 14.5 Å². The summed E-state index contributed by atoms with van der Waals surface area (Å²) in [5.74, 6) is 0. The normalized spacial score (nSPS) is 14.2. The van der Waals surface area contributed by atoms with E-state index in [1.807, 2.05) is 24.7 Å². The van der Waals surface area contributed by atoms with E-state index in [0.29, 0.717) is 17.8 Å². The van der Waals surface area contributed by atoms with Gasteiger partial charge in [-0.25, -0.2) is 9.78 Å². The highest BCUT2D eigenvalue weighted by molar-refractivity contribution is 5.89. The quantitative estimate of drug-likeness (QED) is 0.791. The van der Waals surface area contributed by atoms with Gasteiger partial charge in [0.05, 0.1) is 35.9 Å². The standard InChI is InChI=1S/C20H17N5O/c1-24(20(26)23-15-8-6-14(10-21)7-9-15)12-19-17-5-3-2-4-16(17)18-11-22-13-25(18)19/h2-9,11,13,19H,12H2,1H3,(H,23,26). The smallest absolute Gasteiger partial charge is 0.321 e. The number of fused-ring (bicyclic) bond motifs is 3. The van der Waals surface area contributed by atoms with Gasteiger partial charge in [0, 0.05) is 24.8 Å². The monoisotopic (exact) mass is 343 g/mol. The average molecular weight is 343 g/mol. The zero-order chi connectivity index (χ0) is 18.1. The molecule has 3 aromatic rings. The fraction of sp³-hybridized carbons (Fsp3) is 0.150. The van der Waals surface area contributed by atoms with Gasteiger partial charge < -0.3 is 14.8 Å². The third-order valence-corrected chi connectivity index (χ3v) is 4.66. The van der Waals surface area contributed by atoms with Crippen LogP contribution in [0, 0.1) is 11.3 Å². The van der Waals surface area contributed by atoms with Gasteiger partial charge in [-0.15, -0.1) is 0 Å². The molecule has 0 bridgehead atoms. The van der Waals surface area contributed by atoms with Crippen LogP contribution >= 0.6 is 0 Å². The Labute approximate surface area is 151 Å².